The quantitative estimate of drug-likeness (QED) is 0.733. The number of aryl methyl sites for hydroxylation is 1. The third-order valence-corrected chi connectivity index (χ3v) is 2.54. The first-order chi connectivity index (χ1) is 7.47. The van der Waals surface area contributed by atoms with Crippen LogP contribution in [0.5, 0.6) is 0 Å². The summed E-state index contributed by atoms with van der Waals surface area (Å²) >= 11 is 0. The number of halogens is 1. The van der Waals surface area contributed by atoms with E-state index in [9.17, 15) is 9.18 Å². The van der Waals surface area contributed by atoms with Crippen LogP contribution in [0, 0.1) is 35.9 Å². The molecule has 0 radical (unpaired) electrons. The Morgan fingerprint density at radius 2 is 2.06 bits per heavy atom. The number of hydrogen-bond donors (Lipinski definition) is 0. The van der Waals surface area contributed by atoms with Crippen LogP contribution < -0.4 is 0 Å². The molecule has 0 aliphatic rings. The number of ketones is 1. The lowest BCUT2D eigenvalue weighted by Crippen LogP contribution is -2.18. The maximum Gasteiger partial charge on any atom is 0.180 e. The van der Waals surface area contributed by atoms with Crippen molar-refractivity contribution in [2.75, 3.05) is 0 Å². The highest BCUT2D eigenvalue weighted by Crippen LogP contribution is 2.18. The van der Waals surface area contributed by atoms with Gasteiger partial charge in [0.05, 0.1) is 6.07 Å². The number of hydrogen-bond acceptors (Lipinski definition) is 2. The minimum Gasteiger partial charge on any atom is -0.293 e. The molecule has 1 unspecified atom stereocenters. The number of carbonyl (C=O) groups is 1. The highest BCUT2D eigenvalue weighted by Gasteiger charge is 2.23. The van der Waals surface area contributed by atoms with E-state index in [-0.39, 0.29) is 17.3 Å². The van der Waals surface area contributed by atoms with E-state index < -0.39 is 11.7 Å². The van der Waals surface area contributed by atoms with Gasteiger partial charge in [0.15, 0.2) is 5.78 Å². The summed E-state index contributed by atoms with van der Waals surface area (Å²) in [6.07, 6.45) is 0. The molecular weight excluding hydrogens is 205 g/mol. The number of carbonyl (C=O) groups excluding carboxylic acids is 1. The molecule has 0 aromatic heterocycles. The largest absolute Gasteiger partial charge is 0.293 e. The highest BCUT2D eigenvalue weighted by molar-refractivity contribution is 5.99. The van der Waals surface area contributed by atoms with Crippen molar-refractivity contribution in [3.8, 4) is 6.07 Å². The maximum absolute atomic E-state index is 13.3. The topological polar surface area (TPSA) is 40.9 Å². The van der Waals surface area contributed by atoms with Crippen molar-refractivity contribution < 1.29 is 9.18 Å². The molecule has 1 atom stereocenters. The Balaban J connectivity index is 3.06. The molecule has 1 rings (SSSR count). The standard InChI is InChI=1S/C13H14FNO/c1-8(2)11(7-15)13(16)10-5-4-9(3)12(14)6-10/h4-6,8,11H,1-3H3. The molecule has 0 aliphatic carbocycles. The molecule has 16 heavy (non-hydrogen) atoms. The minimum atomic E-state index is -0.706. The van der Waals surface area contributed by atoms with Gasteiger partial charge < -0.3 is 0 Å². The van der Waals surface area contributed by atoms with Crippen LogP contribution in [0.25, 0.3) is 0 Å². The fraction of sp³-hybridized carbons (Fsp3) is 0.385. The molecule has 0 amide bonds. The second-order valence-corrected chi connectivity index (χ2v) is 4.18. The summed E-state index contributed by atoms with van der Waals surface area (Å²) < 4.78 is 13.3. The van der Waals surface area contributed by atoms with Crippen molar-refractivity contribution in [3.05, 3.63) is 35.1 Å². The molecule has 0 spiro atoms. The van der Waals surface area contributed by atoms with Crippen molar-refractivity contribution in [2.24, 2.45) is 11.8 Å². The third kappa shape index (κ3) is 2.46. The van der Waals surface area contributed by atoms with Crippen LogP contribution >= 0.6 is 0 Å². The van der Waals surface area contributed by atoms with Gasteiger partial charge in [0.2, 0.25) is 0 Å². The summed E-state index contributed by atoms with van der Waals surface area (Å²) in [7, 11) is 0. The van der Waals surface area contributed by atoms with Crippen LogP contribution in [0.15, 0.2) is 18.2 Å². The van der Waals surface area contributed by atoms with Gasteiger partial charge in [-0.05, 0) is 24.5 Å². The SMILES string of the molecule is Cc1ccc(C(=O)C(C#N)C(C)C)cc1F. The normalized spacial score (nSPS) is 12.2. The van der Waals surface area contributed by atoms with Crippen molar-refractivity contribution >= 4 is 5.78 Å². The first kappa shape index (κ1) is 12.4. The lowest BCUT2D eigenvalue weighted by Gasteiger charge is -2.11. The molecule has 0 aliphatic heterocycles. The van der Waals surface area contributed by atoms with Gasteiger partial charge in [-0.1, -0.05) is 26.0 Å². The van der Waals surface area contributed by atoms with E-state index in [0.717, 1.165) is 0 Å². The average Bonchev–Trinajstić information content (AvgIpc) is 2.22. The Morgan fingerprint density at radius 1 is 1.44 bits per heavy atom. The molecule has 0 saturated heterocycles. The molecular formula is C13H14FNO. The Morgan fingerprint density at radius 3 is 2.50 bits per heavy atom. The lowest BCUT2D eigenvalue weighted by atomic mass is 9.89. The smallest absolute Gasteiger partial charge is 0.180 e. The summed E-state index contributed by atoms with van der Waals surface area (Å²) in [6, 6.07) is 6.28. The predicted octanol–water partition coefficient (Wildman–Crippen LogP) is 3.11. The van der Waals surface area contributed by atoms with Crippen molar-refractivity contribution in [1.29, 1.82) is 5.26 Å². The molecule has 3 heteroatoms. The highest BCUT2D eigenvalue weighted by atomic mass is 19.1. The molecule has 84 valence electrons. The number of nitriles is 1. The lowest BCUT2D eigenvalue weighted by molar-refractivity contribution is 0.0924. The Labute approximate surface area is 94.7 Å². The number of Topliss-reactive ketones (excluding diaryl/α,β-unsaturated/α-hetero) is 1. The molecule has 1 aromatic carbocycles. The van der Waals surface area contributed by atoms with Gasteiger partial charge in [-0.2, -0.15) is 5.26 Å². The Kier molecular flexibility index (Phi) is 3.78. The van der Waals surface area contributed by atoms with Crippen molar-refractivity contribution in [2.45, 2.75) is 20.8 Å². The van der Waals surface area contributed by atoms with Crippen LogP contribution in [-0.4, -0.2) is 5.78 Å². The summed E-state index contributed by atoms with van der Waals surface area (Å²) in [5.41, 5.74) is 0.762. The summed E-state index contributed by atoms with van der Waals surface area (Å²) in [6.45, 7) is 5.24. The zero-order valence-electron chi connectivity index (χ0n) is 9.62. The van der Waals surface area contributed by atoms with Gasteiger partial charge in [0.1, 0.15) is 11.7 Å². The van der Waals surface area contributed by atoms with Gasteiger partial charge in [0.25, 0.3) is 0 Å². The summed E-state index contributed by atoms with van der Waals surface area (Å²) in [5, 5.41) is 8.89. The average molecular weight is 219 g/mol. The Hall–Kier alpha value is -1.69. The minimum absolute atomic E-state index is 0.0677. The fourth-order valence-corrected chi connectivity index (χ4v) is 1.44. The van der Waals surface area contributed by atoms with Gasteiger partial charge in [-0.15, -0.1) is 0 Å². The van der Waals surface area contributed by atoms with Crippen molar-refractivity contribution in [3.63, 3.8) is 0 Å². The van der Waals surface area contributed by atoms with E-state index in [1.165, 1.54) is 6.07 Å². The number of rotatable bonds is 3. The van der Waals surface area contributed by atoms with E-state index >= 15 is 0 Å². The van der Waals surface area contributed by atoms with Crippen LogP contribution in [-0.2, 0) is 0 Å². The fourth-order valence-electron chi connectivity index (χ4n) is 1.44. The molecule has 1 aromatic rings. The van der Waals surface area contributed by atoms with Crippen LogP contribution in [0.1, 0.15) is 29.8 Å². The monoisotopic (exact) mass is 219 g/mol. The summed E-state index contributed by atoms with van der Waals surface area (Å²) in [5.74, 6) is -1.49. The predicted molar refractivity (Wildman–Crippen MR) is 59.4 cm³/mol. The zero-order valence-corrected chi connectivity index (χ0v) is 9.62. The second-order valence-electron chi connectivity index (χ2n) is 4.18. The molecule has 0 bridgehead atoms. The maximum atomic E-state index is 13.3. The van der Waals surface area contributed by atoms with E-state index in [1.54, 1.807) is 32.9 Å². The third-order valence-electron chi connectivity index (χ3n) is 2.54. The second kappa shape index (κ2) is 4.89. The van der Waals surface area contributed by atoms with E-state index in [2.05, 4.69) is 0 Å². The van der Waals surface area contributed by atoms with Gasteiger partial charge in [-0.25, -0.2) is 4.39 Å². The Bertz CT molecular complexity index is 446. The van der Waals surface area contributed by atoms with E-state index in [0.29, 0.717) is 5.56 Å². The van der Waals surface area contributed by atoms with E-state index in [4.69, 9.17) is 5.26 Å². The molecule has 0 N–H and O–H groups in total. The van der Waals surface area contributed by atoms with Crippen LogP contribution in [0.4, 0.5) is 4.39 Å². The number of nitrogens with zero attached hydrogens (tertiary/aromatic N) is 1. The van der Waals surface area contributed by atoms with Gasteiger partial charge >= 0.3 is 0 Å². The van der Waals surface area contributed by atoms with Crippen molar-refractivity contribution in [1.82, 2.24) is 0 Å². The van der Waals surface area contributed by atoms with Crippen LogP contribution in [0.2, 0.25) is 0 Å². The molecule has 0 heterocycles. The first-order valence-corrected chi connectivity index (χ1v) is 5.17. The van der Waals surface area contributed by atoms with Gasteiger partial charge in [0, 0.05) is 5.56 Å². The molecule has 0 saturated carbocycles. The molecule has 0 fully saturated rings. The first-order valence-electron chi connectivity index (χ1n) is 5.17. The number of benzene rings is 1. The van der Waals surface area contributed by atoms with Gasteiger partial charge in [-0.3, -0.25) is 4.79 Å². The molecule has 2 nitrogen and oxygen atoms in total. The van der Waals surface area contributed by atoms with Crippen LogP contribution in [0.3, 0.4) is 0 Å². The van der Waals surface area contributed by atoms with E-state index in [1.807, 2.05) is 6.07 Å². The summed E-state index contributed by atoms with van der Waals surface area (Å²) in [4.78, 5) is 11.9. The zero-order chi connectivity index (χ0) is 12.3.